The second-order valence-corrected chi connectivity index (χ2v) is 3.98. The number of rotatable bonds is 7. The third-order valence-corrected chi connectivity index (χ3v) is 2.74. The van der Waals surface area contributed by atoms with Crippen molar-refractivity contribution in [2.75, 3.05) is 12.4 Å². The van der Waals surface area contributed by atoms with Crippen molar-refractivity contribution in [1.82, 2.24) is 0 Å². The zero-order chi connectivity index (χ0) is 10.9. The van der Waals surface area contributed by atoms with Gasteiger partial charge in [-0.3, -0.25) is 0 Å². The van der Waals surface area contributed by atoms with Gasteiger partial charge in [0.15, 0.2) is 0 Å². The molecule has 1 rings (SSSR count). The molecule has 0 saturated heterocycles. The maximum absolute atomic E-state index is 3.32. The Kier molecular flexibility index (Phi) is 5.91. The average Bonchev–Trinajstić information content (AvgIpc) is 2.29. The first kappa shape index (κ1) is 12.1. The zero-order valence-electron chi connectivity index (χ0n) is 9.97. The molecule has 83 valence electrons. The van der Waals surface area contributed by atoms with E-state index in [2.05, 4.69) is 24.4 Å². The van der Waals surface area contributed by atoms with Crippen molar-refractivity contribution in [3.8, 4) is 0 Å². The lowest BCUT2D eigenvalue weighted by molar-refractivity contribution is 0.632. The second kappa shape index (κ2) is 7.33. The molecule has 1 aromatic rings. The van der Waals surface area contributed by atoms with Crippen molar-refractivity contribution in [1.29, 1.82) is 0 Å². The molecule has 0 heterocycles. The van der Waals surface area contributed by atoms with E-state index < -0.39 is 0 Å². The Morgan fingerprint density at radius 2 is 2.00 bits per heavy atom. The summed E-state index contributed by atoms with van der Waals surface area (Å²) in [6.45, 7) is 2.25. The van der Waals surface area contributed by atoms with Crippen LogP contribution in [0.5, 0.6) is 0 Å². The minimum absolute atomic E-state index is 1.15. The van der Waals surface area contributed by atoms with Gasteiger partial charge in [-0.15, -0.1) is 0 Å². The van der Waals surface area contributed by atoms with Crippen LogP contribution in [-0.2, 0) is 6.42 Å². The van der Waals surface area contributed by atoms with Gasteiger partial charge in [-0.25, -0.2) is 0 Å². The fraction of sp³-hybridized carbons (Fsp3) is 0.571. The Morgan fingerprint density at radius 1 is 1.20 bits per heavy atom. The van der Waals surface area contributed by atoms with Crippen molar-refractivity contribution < 1.29 is 0 Å². The molecular formula is C14H22N. The summed E-state index contributed by atoms with van der Waals surface area (Å²) in [6, 6.07) is 9.48. The van der Waals surface area contributed by atoms with Gasteiger partial charge in [0.05, 0.1) is 0 Å². The predicted octanol–water partition coefficient (Wildman–Crippen LogP) is 4.04. The number of nitrogens with one attached hydrogen (secondary N) is 1. The molecule has 0 aliphatic rings. The topological polar surface area (TPSA) is 12.0 Å². The van der Waals surface area contributed by atoms with Gasteiger partial charge in [0.25, 0.3) is 0 Å². The molecular weight excluding hydrogens is 182 g/mol. The highest BCUT2D eigenvalue weighted by molar-refractivity contribution is 5.49. The van der Waals surface area contributed by atoms with Crippen LogP contribution >= 0.6 is 0 Å². The van der Waals surface area contributed by atoms with E-state index in [1.807, 2.05) is 19.2 Å². The fourth-order valence-corrected chi connectivity index (χ4v) is 1.82. The largest absolute Gasteiger partial charge is 0.388 e. The van der Waals surface area contributed by atoms with E-state index in [1.165, 1.54) is 43.4 Å². The van der Waals surface area contributed by atoms with E-state index in [0.717, 1.165) is 6.42 Å². The summed E-state index contributed by atoms with van der Waals surface area (Å²) < 4.78 is 0. The summed E-state index contributed by atoms with van der Waals surface area (Å²) in [6.07, 6.45) is 7.85. The van der Waals surface area contributed by atoms with Crippen molar-refractivity contribution in [2.45, 2.75) is 45.4 Å². The molecule has 0 fully saturated rings. The molecule has 1 aromatic carbocycles. The molecule has 1 radical (unpaired) electrons. The molecule has 1 N–H and O–H groups in total. The fourth-order valence-electron chi connectivity index (χ4n) is 1.82. The van der Waals surface area contributed by atoms with Gasteiger partial charge in [0.1, 0.15) is 0 Å². The van der Waals surface area contributed by atoms with Crippen LogP contribution in [0.4, 0.5) is 5.69 Å². The first-order chi connectivity index (χ1) is 7.38. The first-order valence-electron chi connectivity index (χ1n) is 6.05. The van der Waals surface area contributed by atoms with E-state index in [4.69, 9.17) is 0 Å². The molecule has 0 aromatic heterocycles. The lowest BCUT2D eigenvalue weighted by Crippen LogP contribution is -1.95. The van der Waals surface area contributed by atoms with Crippen LogP contribution < -0.4 is 5.32 Å². The van der Waals surface area contributed by atoms with Gasteiger partial charge < -0.3 is 5.32 Å². The molecule has 0 spiro atoms. The summed E-state index contributed by atoms with van der Waals surface area (Å²) in [5.41, 5.74) is 2.56. The highest BCUT2D eigenvalue weighted by Crippen LogP contribution is 2.16. The summed E-state index contributed by atoms with van der Waals surface area (Å²) >= 11 is 0. The van der Waals surface area contributed by atoms with Crippen LogP contribution in [0.25, 0.3) is 0 Å². The quantitative estimate of drug-likeness (QED) is 0.661. The third-order valence-electron chi connectivity index (χ3n) is 2.74. The minimum Gasteiger partial charge on any atom is -0.388 e. The molecule has 0 aliphatic heterocycles. The molecule has 1 nitrogen and oxygen atoms in total. The summed E-state index contributed by atoms with van der Waals surface area (Å²) in [7, 11) is 1.98. The Labute approximate surface area is 93.9 Å². The van der Waals surface area contributed by atoms with Crippen LogP contribution in [0, 0.1) is 6.07 Å². The molecule has 0 saturated carbocycles. The Hall–Kier alpha value is -0.980. The Bertz CT molecular complexity index is 268. The van der Waals surface area contributed by atoms with Crippen LogP contribution in [0.15, 0.2) is 18.2 Å². The van der Waals surface area contributed by atoms with Gasteiger partial charge in [0, 0.05) is 12.7 Å². The summed E-state index contributed by atoms with van der Waals surface area (Å²) in [5.74, 6) is 0. The van der Waals surface area contributed by atoms with E-state index in [-0.39, 0.29) is 0 Å². The smallest absolute Gasteiger partial charge is 0.0376 e. The third kappa shape index (κ3) is 4.37. The van der Waals surface area contributed by atoms with Gasteiger partial charge in [-0.2, -0.15) is 0 Å². The lowest BCUT2D eigenvalue weighted by atomic mass is 10.0. The minimum atomic E-state index is 1.15. The monoisotopic (exact) mass is 204 g/mol. The highest BCUT2D eigenvalue weighted by atomic mass is 14.8. The van der Waals surface area contributed by atoms with E-state index >= 15 is 0 Å². The second-order valence-electron chi connectivity index (χ2n) is 3.98. The van der Waals surface area contributed by atoms with Gasteiger partial charge >= 0.3 is 0 Å². The maximum atomic E-state index is 3.32. The number of aryl methyl sites for hydroxylation is 1. The first-order valence-corrected chi connectivity index (χ1v) is 6.05. The molecule has 15 heavy (non-hydrogen) atoms. The summed E-state index contributed by atoms with van der Waals surface area (Å²) in [5, 5.41) is 3.22. The van der Waals surface area contributed by atoms with Crippen molar-refractivity contribution in [3.05, 3.63) is 29.8 Å². The van der Waals surface area contributed by atoms with Gasteiger partial charge in [0.2, 0.25) is 0 Å². The molecule has 0 amide bonds. The van der Waals surface area contributed by atoms with E-state index in [9.17, 15) is 0 Å². The Balaban J connectivity index is 2.30. The maximum Gasteiger partial charge on any atom is 0.0376 e. The van der Waals surface area contributed by atoms with Crippen LogP contribution in [0.2, 0.25) is 0 Å². The van der Waals surface area contributed by atoms with Crippen LogP contribution in [-0.4, -0.2) is 7.05 Å². The highest BCUT2D eigenvalue weighted by Gasteiger charge is 1.99. The van der Waals surface area contributed by atoms with Crippen LogP contribution in [0.3, 0.4) is 0 Å². The van der Waals surface area contributed by atoms with E-state index in [0.29, 0.717) is 0 Å². The number of benzene rings is 1. The van der Waals surface area contributed by atoms with Gasteiger partial charge in [-0.1, -0.05) is 44.7 Å². The van der Waals surface area contributed by atoms with Gasteiger partial charge in [-0.05, 0) is 30.5 Å². The standard InChI is InChI=1S/C14H22N/c1-3-4-5-6-7-10-13-11-8-9-12-14(13)15-2/h8-9,12,15H,3-7,10H2,1-2H3. The molecule has 0 unspecified atom stereocenters. The molecule has 1 heteroatoms. The SMILES string of the molecule is CCCCCCCc1[c]cccc1NC. The molecule has 0 bridgehead atoms. The molecule has 0 aliphatic carbocycles. The number of unbranched alkanes of at least 4 members (excludes halogenated alkanes) is 4. The Morgan fingerprint density at radius 3 is 2.73 bits per heavy atom. The number of anilines is 1. The normalized spacial score (nSPS) is 10.3. The number of hydrogen-bond donors (Lipinski definition) is 1. The van der Waals surface area contributed by atoms with Crippen molar-refractivity contribution >= 4 is 5.69 Å². The summed E-state index contributed by atoms with van der Waals surface area (Å²) in [4.78, 5) is 0. The number of hydrogen-bond acceptors (Lipinski definition) is 1. The zero-order valence-corrected chi connectivity index (χ0v) is 9.97. The predicted molar refractivity (Wildman–Crippen MR) is 67.3 cm³/mol. The van der Waals surface area contributed by atoms with Crippen molar-refractivity contribution in [3.63, 3.8) is 0 Å². The van der Waals surface area contributed by atoms with Crippen LogP contribution in [0.1, 0.15) is 44.6 Å². The average molecular weight is 204 g/mol. The molecule has 0 atom stereocenters. The van der Waals surface area contributed by atoms with Crippen molar-refractivity contribution in [2.24, 2.45) is 0 Å². The lowest BCUT2D eigenvalue weighted by Gasteiger charge is -2.07. The van der Waals surface area contributed by atoms with E-state index in [1.54, 1.807) is 0 Å².